The van der Waals surface area contributed by atoms with Crippen molar-refractivity contribution >= 4 is 18.3 Å². The molecule has 2 aliphatic rings. The van der Waals surface area contributed by atoms with Crippen LogP contribution >= 0.6 is 12.4 Å². The minimum atomic E-state index is 0. The molecule has 0 bridgehead atoms. The van der Waals surface area contributed by atoms with Crippen molar-refractivity contribution in [2.24, 2.45) is 5.92 Å². The van der Waals surface area contributed by atoms with Crippen molar-refractivity contribution in [2.75, 3.05) is 32.7 Å². The molecule has 0 aliphatic carbocycles. The van der Waals surface area contributed by atoms with Crippen LogP contribution in [0, 0.1) is 5.92 Å². The number of nitrogens with one attached hydrogen (secondary N) is 2. The molecule has 0 aromatic rings. The Hall–Kier alpha value is -0.320. The van der Waals surface area contributed by atoms with E-state index >= 15 is 0 Å². The molecule has 0 aromatic carbocycles. The second kappa shape index (κ2) is 8.77. The Labute approximate surface area is 123 Å². The van der Waals surface area contributed by atoms with Crippen LogP contribution in [0.25, 0.3) is 0 Å². The Morgan fingerprint density at radius 1 is 1.26 bits per heavy atom. The summed E-state index contributed by atoms with van der Waals surface area (Å²) in [5.74, 6) is 0.496. The highest BCUT2D eigenvalue weighted by atomic mass is 35.5. The predicted molar refractivity (Wildman–Crippen MR) is 80.7 cm³/mol. The van der Waals surface area contributed by atoms with Crippen LogP contribution in [0.1, 0.15) is 39.0 Å². The molecule has 0 saturated carbocycles. The molecule has 1 unspecified atom stereocenters. The number of halogens is 1. The van der Waals surface area contributed by atoms with E-state index in [1.165, 1.54) is 32.4 Å². The largest absolute Gasteiger partial charge is 0.352 e. The third kappa shape index (κ3) is 5.67. The van der Waals surface area contributed by atoms with Gasteiger partial charge >= 0.3 is 0 Å². The first-order valence-corrected chi connectivity index (χ1v) is 7.49. The van der Waals surface area contributed by atoms with Crippen molar-refractivity contribution < 1.29 is 4.79 Å². The quantitative estimate of drug-likeness (QED) is 0.822. The van der Waals surface area contributed by atoms with Gasteiger partial charge in [0.15, 0.2) is 0 Å². The zero-order valence-corrected chi connectivity index (χ0v) is 12.8. The van der Waals surface area contributed by atoms with Crippen LogP contribution in [0.3, 0.4) is 0 Å². The van der Waals surface area contributed by atoms with Crippen LogP contribution in [0.5, 0.6) is 0 Å². The van der Waals surface area contributed by atoms with E-state index in [1.54, 1.807) is 0 Å². The lowest BCUT2D eigenvalue weighted by Gasteiger charge is -2.30. The Kier molecular flexibility index (Phi) is 7.73. The Bertz CT molecular complexity index is 263. The second-order valence-corrected chi connectivity index (χ2v) is 5.80. The summed E-state index contributed by atoms with van der Waals surface area (Å²) < 4.78 is 0. The molecular weight excluding hydrogens is 262 g/mol. The van der Waals surface area contributed by atoms with E-state index < -0.39 is 0 Å². The summed E-state index contributed by atoms with van der Waals surface area (Å²) in [4.78, 5) is 14.6. The van der Waals surface area contributed by atoms with E-state index in [4.69, 9.17) is 0 Å². The van der Waals surface area contributed by atoms with Crippen molar-refractivity contribution in [3.63, 3.8) is 0 Å². The molecular formula is C14H28ClN3O. The van der Waals surface area contributed by atoms with Crippen molar-refractivity contribution in [1.82, 2.24) is 15.5 Å². The van der Waals surface area contributed by atoms with Gasteiger partial charge in [0.2, 0.25) is 5.91 Å². The van der Waals surface area contributed by atoms with Crippen LogP contribution in [0.15, 0.2) is 0 Å². The van der Waals surface area contributed by atoms with E-state index in [9.17, 15) is 4.79 Å². The zero-order valence-electron chi connectivity index (χ0n) is 12.0. The number of likely N-dealkylation sites (tertiary alicyclic amines) is 1. The fourth-order valence-electron chi connectivity index (χ4n) is 3.02. The summed E-state index contributed by atoms with van der Waals surface area (Å²) in [6.45, 7) is 7.52. The smallest absolute Gasteiger partial charge is 0.223 e. The highest BCUT2D eigenvalue weighted by Gasteiger charge is 2.22. The Morgan fingerprint density at radius 2 is 1.89 bits per heavy atom. The van der Waals surface area contributed by atoms with Gasteiger partial charge in [0.1, 0.15) is 0 Å². The summed E-state index contributed by atoms with van der Waals surface area (Å²) in [5.41, 5.74) is 0. The number of piperidine rings is 2. The van der Waals surface area contributed by atoms with E-state index in [2.05, 4.69) is 22.5 Å². The highest BCUT2D eigenvalue weighted by Crippen LogP contribution is 2.12. The van der Waals surface area contributed by atoms with Crippen LogP contribution < -0.4 is 10.6 Å². The number of nitrogens with zero attached hydrogens (tertiary/aromatic N) is 1. The van der Waals surface area contributed by atoms with Crippen LogP contribution in [-0.2, 0) is 4.79 Å². The summed E-state index contributed by atoms with van der Waals surface area (Å²) in [7, 11) is 0. The third-order valence-electron chi connectivity index (χ3n) is 4.08. The minimum Gasteiger partial charge on any atom is -0.352 e. The van der Waals surface area contributed by atoms with Gasteiger partial charge < -0.3 is 15.5 Å². The maximum Gasteiger partial charge on any atom is 0.223 e. The van der Waals surface area contributed by atoms with Gasteiger partial charge in [-0.3, -0.25) is 4.79 Å². The molecule has 1 amide bonds. The molecule has 5 heteroatoms. The topological polar surface area (TPSA) is 44.4 Å². The maximum atomic E-state index is 12.1. The molecule has 19 heavy (non-hydrogen) atoms. The molecule has 2 fully saturated rings. The van der Waals surface area contributed by atoms with Gasteiger partial charge in [0.25, 0.3) is 0 Å². The van der Waals surface area contributed by atoms with Gasteiger partial charge in [-0.15, -0.1) is 12.4 Å². The maximum absolute atomic E-state index is 12.1. The molecule has 2 N–H and O–H groups in total. The summed E-state index contributed by atoms with van der Waals surface area (Å²) in [6, 6.07) is 0.283. The van der Waals surface area contributed by atoms with Gasteiger partial charge in [-0.2, -0.15) is 0 Å². The molecule has 2 rings (SSSR count). The van der Waals surface area contributed by atoms with Gasteiger partial charge in [-0.25, -0.2) is 0 Å². The Balaban J connectivity index is 0.00000180. The number of carbonyl (C=O) groups excluding carboxylic acids is 1. The lowest BCUT2D eigenvalue weighted by Crippen LogP contribution is -2.47. The molecule has 0 spiro atoms. The van der Waals surface area contributed by atoms with Gasteiger partial charge in [-0.1, -0.05) is 6.42 Å². The van der Waals surface area contributed by atoms with Crippen LogP contribution in [0.2, 0.25) is 0 Å². The molecule has 0 aromatic heterocycles. The van der Waals surface area contributed by atoms with Gasteiger partial charge in [0, 0.05) is 18.5 Å². The molecule has 112 valence electrons. The molecule has 4 nitrogen and oxygen atoms in total. The van der Waals surface area contributed by atoms with Crippen LogP contribution in [-0.4, -0.2) is 49.6 Å². The first-order valence-electron chi connectivity index (χ1n) is 7.49. The number of hydrogen-bond acceptors (Lipinski definition) is 3. The van der Waals surface area contributed by atoms with Crippen molar-refractivity contribution in [3.8, 4) is 0 Å². The van der Waals surface area contributed by atoms with E-state index in [-0.39, 0.29) is 30.3 Å². The lowest BCUT2D eigenvalue weighted by molar-refractivity contribution is -0.126. The first-order chi connectivity index (χ1) is 8.75. The van der Waals surface area contributed by atoms with Gasteiger partial charge in [0.05, 0.1) is 0 Å². The summed E-state index contributed by atoms with van der Waals surface area (Å²) >= 11 is 0. The molecule has 2 saturated heterocycles. The SMILES string of the molecule is CC(CN1CCCCC1)NC(=O)C1CCNCC1.Cl. The normalized spacial score (nSPS) is 23.4. The molecule has 2 aliphatic heterocycles. The standard InChI is InChI=1S/C14H27N3O.ClH/c1-12(11-17-9-3-2-4-10-17)16-14(18)13-5-7-15-8-6-13;/h12-13,15H,2-11H2,1H3,(H,16,18);1H. The van der Waals surface area contributed by atoms with Gasteiger partial charge in [-0.05, 0) is 58.8 Å². The number of amides is 1. The highest BCUT2D eigenvalue weighted by molar-refractivity contribution is 5.85. The third-order valence-corrected chi connectivity index (χ3v) is 4.08. The van der Waals surface area contributed by atoms with E-state index in [0.29, 0.717) is 0 Å². The van der Waals surface area contributed by atoms with Crippen molar-refractivity contribution in [1.29, 1.82) is 0 Å². The molecule has 0 radical (unpaired) electrons. The van der Waals surface area contributed by atoms with Crippen LogP contribution in [0.4, 0.5) is 0 Å². The van der Waals surface area contributed by atoms with Crippen molar-refractivity contribution in [2.45, 2.75) is 45.1 Å². The molecule has 1 atom stereocenters. The number of rotatable bonds is 4. The van der Waals surface area contributed by atoms with Crippen molar-refractivity contribution in [3.05, 3.63) is 0 Å². The average Bonchev–Trinajstić information content (AvgIpc) is 2.40. The summed E-state index contributed by atoms with van der Waals surface area (Å²) in [6.07, 6.45) is 5.97. The predicted octanol–water partition coefficient (Wildman–Crippen LogP) is 1.40. The number of hydrogen-bond donors (Lipinski definition) is 2. The van der Waals surface area contributed by atoms with E-state index in [1.807, 2.05) is 0 Å². The number of carbonyl (C=O) groups is 1. The van der Waals surface area contributed by atoms with E-state index in [0.717, 1.165) is 32.5 Å². The Morgan fingerprint density at radius 3 is 2.53 bits per heavy atom. The summed E-state index contributed by atoms with van der Waals surface area (Å²) in [5, 5.41) is 6.49. The minimum absolute atomic E-state index is 0. The zero-order chi connectivity index (χ0) is 12.8. The average molecular weight is 290 g/mol. The lowest BCUT2D eigenvalue weighted by atomic mass is 9.97. The fraction of sp³-hybridized carbons (Fsp3) is 0.929. The first kappa shape index (κ1) is 16.7. The monoisotopic (exact) mass is 289 g/mol. The second-order valence-electron chi connectivity index (χ2n) is 5.80. The fourth-order valence-corrected chi connectivity index (χ4v) is 3.02. The molecule has 2 heterocycles.